The molecule has 11 heteroatoms. The van der Waals surface area contributed by atoms with Gasteiger partial charge in [0.05, 0.1) is 6.20 Å². The lowest BCUT2D eigenvalue weighted by atomic mass is 9.89. The summed E-state index contributed by atoms with van der Waals surface area (Å²) < 4.78 is 20.9. The van der Waals surface area contributed by atoms with Crippen LogP contribution in [0.5, 0.6) is 0 Å². The maximum Gasteiger partial charge on any atom is 0.331 e. The third kappa shape index (κ3) is 6.70. The maximum absolute atomic E-state index is 14.0. The fourth-order valence-electron chi connectivity index (χ4n) is 6.91. The summed E-state index contributed by atoms with van der Waals surface area (Å²) in [6.45, 7) is 5.24. The number of esters is 1. The van der Waals surface area contributed by atoms with E-state index in [0.717, 1.165) is 38.3 Å². The number of hydrogen-bond acceptors (Lipinski definition) is 6. The Bertz CT molecular complexity index is 1750. The maximum atomic E-state index is 14.0. The van der Waals surface area contributed by atoms with E-state index in [9.17, 15) is 23.6 Å². The topological polar surface area (TPSA) is 114 Å². The lowest BCUT2D eigenvalue weighted by molar-refractivity contribution is -0.148. The van der Waals surface area contributed by atoms with Crippen molar-refractivity contribution in [1.82, 2.24) is 24.9 Å². The van der Waals surface area contributed by atoms with Crippen molar-refractivity contribution in [3.63, 3.8) is 0 Å². The largest absolute Gasteiger partial charge is 0.457 e. The minimum Gasteiger partial charge on any atom is -0.457 e. The van der Waals surface area contributed by atoms with Crippen molar-refractivity contribution < 1.29 is 28.3 Å². The highest BCUT2D eigenvalue weighted by molar-refractivity contribution is 6.10. The minimum atomic E-state index is -1.21. The molecule has 4 amide bonds. The van der Waals surface area contributed by atoms with E-state index < -0.39 is 29.6 Å². The summed E-state index contributed by atoms with van der Waals surface area (Å²) in [4.78, 5) is 56.4. The molecule has 2 aliphatic carbocycles. The number of nitrogens with zero attached hydrogens (tertiary/aromatic N) is 4. The van der Waals surface area contributed by atoms with Crippen molar-refractivity contribution >= 4 is 23.8 Å². The number of imide groups is 1. The van der Waals surface area contributed by atoms with Gasteiger partial charge in [-0.3, -0.25) is 19.2 Å². The molecule has 0 bridgehead atoms. The second-order valence-electron chi connectivity index (χ2n) is 13.7. The first-order valence-corrected chi connectivity index (χ1v) is 16.0. The fraction of sp³-hybridized carbons (Fsp3) is 0.417. The average Bonchev–Trinajstić information content (AvgIpc) is 3.68. The van der Waals surface area contributed by atoms with E-state index in [1.165, 1.54) is 12.1 Å². The van der Waals surface area contributed by atoms with Gasteiger partial charge in [0, 0.05) is 37.5 Å². The Morgan fingerprint density at radius 1 is 1.09 bits per heavy atom. The summed E-state index contributed by atoms with van der Waals surface area (Å²) in [7, 11) is 1.85. The van der Waals surface area contributed by atoms with E-state index >= 15 is 0 Å². The van der Waals surface area contributed by atoms with Crippen LogP contribution < -0.4 is 5.32 Å². The Hall–Kier alpha value is -4.80. The van der Waals surface area contributed by atoms with Crippen LogP contribution in [0.1, 0.15) is 69.6 Å². The number of aromatic nitrogens is 2. The van der Waals surface area contributed by atoms with Crippen LogP contribution in [0.25, 0.3) is 11.1 Å². The Kier molecular flexibility index (Phi) is 8.50. The molecule has 2 heterocycles. The third-order valence-electron chi connectivity index (χ3n) is 9.20. The van der Waals surface area contributed by atoms with Gasteiger partial charge in [-0.15, -0.1) is 0 Å². The van der Waals surface area contributed by atoms with E-state index in [1.54, 1.807) is 34.0 Å². The zero-order valence-corrected chi connectivity index (χ0v) is 27.2. The lowest BCUT2D eigenvalue weighted by Gasteiger charge is -2.36. The quantitative estimate of drug-likeness (QED) is 0.217. The summed E-state index contributed by atoms with van der Waals surface area (Å²) in [6, 6.07) is 11.0. The number of halogens is 1. The predicted molar refractivity (Wildman–Crippen MR) is 172 cm³/mol. The average molecular weight is 642 g/mol. The molecule has 1 N–H and O–H groups in total. The molecule has 0 unspecified atom stereocenters. The number of urea groups is 1. The number of benzene rings is 2. The number of ether oxygens (including phenoxy) is 1. The van der Waals surface area contributed by atoms with Crippen LogP contribution in [0.4, 0.5) is 9.18 Å². The van der Waals surface area contributed by atoms with Gasteiger partial charge in [0.1, 0.15) is 23.5 Å². The van der Waals surface area contributed by atoms with E-state index in [4.69, 9.17) is 4.74 Å². The van der Waals surface area contributed by atoms with Crippen LogP contribution in [0.3, 0.4) is 0 Å². The van der Waals surface area contributed by atoms with Crippen LogP contribution in [0.15, 0.2) is 66.5 Å². The molecule has 1 saturated carbocycles. The molecule has 1 aliphatic heterocycles. The van der Waals surface area contributed by atoms with Crippen LogP contribution >= 0.6 is 0 Å². The summed E-state index contributed by atoms with van der Waals surface area (Å²) in [6.07, 6.45) is 8.64. The Morgan fingerprint density at radius 2 is 1.81 bits per heavy atom. The molecule has 2 fully saturated rings. The van der Waals surface area contributed by atoms with Gasteiger partial charge in [0.25, 0.3) is 5.91 Å². The standard InChI is InChI=1S/C36H40FN5O5/c1-35(2,3)47-32(44)17-23-7-12-29(13-8-23)41(20-24-5-10-28(37)11-6-24)31(43)22-42-33(45)36(39-34(42)46)16-15-26-18-25(9-14-30(26)36)27-19-38-40(4)21-27/h5-6,9-11,14,17-19,21,29H,7-8,12-13,15-16,20,22H2,1-4H3,(H,39,46)/t29?,36-/m0/s1. The summed E-state index contributed by atoms with van der Waals surface area (Å²) in [5.41, 5.74) is 3.54. The van der Waals surface area contributed by atoms with Gasteiger partial charge in [-0.1, -0.05) is 35.9 Å². The van der Waals surface area contributed by atoms with Crippen LogP contribution in [0, 0.1) is 5.82 Å². The zero-order chi connectivity index (χ0) is 33.5. The van der Waals surface area contributed by atoms with Gasteiger partial charge in [0.15, 0.2) is 0 Å². The molecule has 1 atom stereocenters. The second-order valence-corrected chi connectivity index (χ2v) is 13.7. The van der Waals surface area contributed by atoms with Crippen molar-refractivity contribution in [2.75, 3.05) is 6.54 Å². The molecular formula is C36H40FN5O5. The highest BCUT2D eigenvalue weighted by atomic mass is 19.1. The lowest BCUT2D eigenvalue weighted by Crippen LogP contribution is -2.48. The molecule has 10 nitrogen and oxygen atoms in total. The van der Waals surface area contributed by atoms with Crippen molar-refractivity contribution in [2.45, 2.75) is 83.0 Å². The van der Waals surface area contributed by atoms with Crippen LogP contribution in [0.2, 0.25) is 0 Å². The molecule has 2 aromatic carbocycles. The molecular weight excluding hydrogens is 601 g/mol. The Labute approximate surface area is 273 Å². The van der Waals surface area contributed by atoms with Crippen LogP contribution in [-0.2, 0) is 44.7 Å². The van der Waals surface area contributed by atoms with Crippen molar-refractivity contribution in [2.24, 2.45) is 7.05 Å². The van der Waals surface area contributed by atoms with E-state index in [0.29, 0.717) is 38.5 Å². The normalized spacial score (nSPS) is 20.7. The third-order valence-corrected chi connectivity index (χ3v) is 9.20. The number of rotatable bonds is 7. The predicted octanol–water partition coefficient (Wildman–Crippen LogP) is 5.16. The van der Waals surface area contributed by atoms with Crippen molar-refractivity contribution in [3.8, 4) is 11.1 Å². The Balaban J connectivity index is 1.19. The molecule has 3 aromatic rings. The van der Waals surface area contributed by atoms with Gasteiger partial charge < -0.3 is 15.0 Å². The number of allylic oxidation sites excluding steroid dienone is 1. The first-order valence-electron chi connectivity index (χ1n) is 16.0. The smallest absolute Gasteiger partial charge is 0.331 e. The van der Waals surface area contributed by atoms with Gasteiger partial charge >= 0.3 is 12.0 Å². The van der Waals surface area contributed by atoms with Crippen molar-refractivity contribution in [1.29, 1.82) is 0 Å². The molecule has 1 spiro atoms. The molecule has 1 saturated heterocycles. The van der Waals surface area contributed by atoms with Crippen LogP contribution in [-0.4, -0.2) is 61.6 Å². The van der Waals surface area contributed by atoms with Crippen molar-refractivity contribution in [3.05, 3.63) is 89.0 Å². The van der Waals surface area contributed by atoms with Gasteiger partial charge in [-0.25, -0.2) is 14.0 Å². The Morgan fingerprint density at radius 3 is 2.47 bits per heavy atom. The number of carbonyl (C=O) groups excluding carboxylic acids is 4. The van der Waals surface area contributed by atoms with E-state index in [1.807, 2.05) is 52.2 Å². The summed E-state index contributed by atoms with van der Waals surface area (Å²) in [5, 5.41) is 7.17. The number of carbonyl (C=O) groups is 4. The van der Waals surface area contributed by atoms with Gasteiger partial charge in [-0.2, -0.15) is 5.10 Å². The number of nitrogens with one attached hydrogen (secondary N) is 1. The zero-order valence-electron chi connectivity index (χ0n) is 27.2. The summed E-state index contributed by atoms with van der Waals surface area (Å²) >= 11 is 0. The first-order chi connectivity index (χ1) is 22.3. The molecule has 0 radical (unpaired) electrons. The van der Waals surface area contributed by atoms with E-state index in [-0.39, 0.29) is 30.3 Å². The number of fused-ring (bicyclic) bond motifs is 2. The monoisotopic (exact) mass is 641 g/mol. The molecule has 3 aliphatic rings. The fourth-order valence-corrected chi connectivity index (χ4v) is 6.91. The summed E-state index contributed by atoms with van der Waals surface area (Å²) in [5.74, 6) is -1.57. The molecule has 47 heavy (non-hydrogen) atoms. The number of hydrogen-bond donors (Lipinski definition) is 1. The SMILES string of the molecule is Cn1cc(-c2ccc3c(c2)CC[C@]32NC(=O)N(CC(=O)N(Cc3ccc(F)cc3)C3CCC(=CC(=O)OC(C)(C)C)CC3)C2=O)cn1. The highest BCUT2D eigenvalue weighted by Crippen LogP contribution is 2.43. The molecule has 246 valence electrons. The molecule has 6 rings (SSSR count). The number of amides is 4. The van der Waals surface area contributed by atoms with E-state index in [2.05, 4.69) is 10.4 Å². The number of aryl methyl sites for hydroxylation is 2. The van der Waals surface area contributed by atoms with Gasteiger partial charge in [-0.05, 0) is 93.7 Å². The highest BCUT2D eigenvalue weighted by Gasteiger charge is 2.56. The van der Waals surface area contributed by atoms with Gasteiger partial charge in [0.2, 0.25) is 5.91 Å². The minimum absolute atomic E-state index is 0.198. The first kappa shape index (κ1) is 32.2. The second kappa shape index (κ2) is 12.4. The molecule has 1 aromatic heterocycles.